The number of imide groups is 1. The van der Waals surface area contributed by atoms with Gasteiger partial charge < -0.3 is 5.11 Å². The van der Waals surface area contributed by atoms with E-state index in [2.05, 4.69) is 4.98 Å². The maximum Gasteiger partial charge on any atom is 0.521 e. The lowest BCUT2D eigenvalue weighted by Crippen LogP contribution is -2.60. The van der Waals surface area contributed by atoms with Crippen molar-refractivity contribution in [2.75, 3.05) is 12.3 Å². The fourth-order valence-electron chi connectivity index (χ4n) is 3.43. The monoisotopic (exact) mass is 351 g/mol. The van der Waals surface area contributed by atoms with Crippen molar-refractivity contribution in [3.05, 3.63) is 30.1 Å². The molecule has 2 unspecified atom stereocenters. The molecule has 1 aliphatic rings. The van der Waals surface area contributed by atoms with Crippen LogP contribution in [0, 0.1) is 5.92 Å². The van der Waals surface area contributed by atoms with E-state index in [1.54, 1.807) is 19.3 Å². The van der Waals surface area contributed by atoms with Gasteiger partial charge in [-0.25, -0.2) is 4.79 Å². The number of pyridine rings is 1. The van der Waals surface area contributed by atoms with Crippen LogP contribution >= 0.6 is 11.8 Å². The third kappa shape index (κ3) is 3.52. The van der Waals surface area contributed by atoms with E-state index in [1.807, 2.05) is 19.1 Å². The molecule has 2 amide bonds. The summed E-state index contributed by atoms with van der Waals surface area (Å²) in [7, 11) is 0. The van der Waals surface area contributed by atoms with Gasteiger partial charge in [-0.1, -0.05) is 17.8 Å². The Hall–Kier alpha value is -1.73. The Balaban J connectivity index is 2.26. The number of thioether (sulfide) groups is 1. The van der Waals surface area contributed by atoms with Crippen LogP contribution in [0.15, 0.2) is 24.5 Å². The van der Waals surface area contributed by atoms with Crippen LogP contribution in [0.5, 0.6) is 0 Å². The summed E-state index contributed by atoms with van der Waals surface area (Å²) in [6.07, 6.45) is 2.92. The number of quaternary nitrogens is 1. The quantitative estimate of drug-likeness (QED) is 0.840. The van der Waals surface area contributed by atoms with Gasteiger partial charge in [-0.15, -0.1) is 0 Å². The highest BCUT2D eigenvalue weighted by atomic mass is 32.2. The summed E-state index contributed by atoms with van der Waals surface area (Å²) in [4.78, 5) is 40.2. The van der Waals surface area contributed by atoms with Crippen molar-refractivity contribution in [1.82, 2.24) is 4.98 Å². The molecule has 130 valence electrons. The van der Waals surface area contributed by atoms with Gasteiger partial charge in [0.2, 0.25) is 0 Å². The Morgan fingerprint density at radius 2 is 2.17 bits per heavy atom. The van der Waals surface area contributed by atoms with Gasteiger partial charge in [0.25, 0.3) is 0 Å². The zero-order valence-electron chi connectivity index (χ0n) is 14.1. The number of carboxylic acid groups (broad SMARTS) is 1. The number of amides is 2. The Morgan fingerprint density at radius 3 is 2.71 bits per heavy atom. The van der Waals surface area contributed by atoms with Crippen LogP contribution in [0.2, 0.25) is 0 Å². The molecule has 2 heterocycles. The molecule has 2 rings (SSSR count). The Kier molecular flexibility index (Phi) is 5.77. The first kappa shape index (κ1) is 18.6. The molecular formula is C17H23N2O4S+. The molecule has 0 bridgehead atoms. The van der Waals surface area contributed by atoms with Crippen molar-refractivity contribution in [1.29, 1.82) is 0 Å². The molecule has 1 aromatic heterocycles. The van der Waals surface area contributed by atoms with Crippen molar-refractivity contribution in [2.45, 2.75) is 39.2 Å². The zero-order chi connectivity index (χ0) is 17.9. The number of hydrogen-bond acceptors (Lipinski definition) is 5. The van der Waals surface area contributed by atoms with E-state index in [4.69, 9.17) is 0 Å². The molecule has 0 aromatic carbocycles. The second kappa shape index (κ2) is 7.44. The number of hydrogen-bond donors (Lipinski definition) is 1. The fraction of sp³-hybridized carbons (Fsp3) is 0.529. The standard InChI is InChI=1S/C17H22N2O4S/c1-11(10-24-13(3)20)16(21)19(17(22)23)9-15(7-12(19)2)14-5-4-6-18-8-14/h4-6,8,11-12,15H,7,9-10H2,1-3H3/p+1/t11?,12?,15-,19-/m0/s1. The molecular weight excluding hydrogens is 328 g/mol. The molecule has 4 atom stereocenters. The predicted octanol–water partition coefficient (Wildman–Crippen LogP) is 2.89. The first-order valence-corrected chi connectivity index (χ1v) is 8.96. The normalized spacial score (nSPS) is 27.6. The Morgan fingerprint density at radius 1 is 1.46 bits per heavy atom. The lowest BCUT2D eigenvalue weighted by molar-refractivity contribution is -0.794. The van der Waals surface area contributed by atoms with Crippen LogP contribution in [0.1, 0.15) is 38.7 Å². The van der Waals surface area contributed by atoms with Crippen molar-refractivity contribution in [3.8, 4) is 0 Å². The third-order valence-electron chi connectivity index (χ3n) is 4.74. The van der Waals surface area contributed by atoms with Crippen LogP contribution in [0.4, 0.5) is 4.79 Å². The smallest absolute Gasteiger partial charge is 0.435 e. The van der Waals surface area contributed by atoms with Crippen molar-refractivity contribution >= 4 is 28.9 Å². The molecule has 1 saturated heterocycles. The highest BCUT2D eigenvalue weighted by molar-refractivity contribution is 8.13. The van der Waals surface area contributed by atoms with Gasteiger partial charge in [-0.05, 0) is 25.5 Å². The van der Waals surface area contributed by atoms with Gasteiger partial charge in [-0.2, -0.15) is 9.28 Å². The first-order valence-electron chi connectivity index (χ1n) is 7.98. The van der Waals surface area contributed by atoms with Crippen molar-refractivity contribution < 1.29 is 24.0 Å². The minimum absolute atomic E-state index is 0.0126. The molecule has 1 aromatic rings. The van der Waals surface area contributed by atoms with Crippen LogP contribution in [0.3, 0.4) is 0 Å². The van der Waals surface area contributed by atoms with E-state index in [1.165, 1.54) is 6.92 Å². The van der Waals surface area contributed by atoms with Crippen LogP contribution < -0.4 is 0 Å². The lowest BCUT2D eigenvalue weighted by atomic mass is 9.98. The minimum Gasteiger partial charge on any atom is -0.435 e. The Bertz CT molecular complexity index is 637. The van der Waals surface area contributed by atoms with Gasteiger partial charge >= 0.3 is 12.0 Å². The summed E-state index contributed by atoms with van der Waals surface area (Å²) in [5, 5.41) is 9.79. The van der Waals surface area contributed by atoms with E-state index in [9.17, 15) is 19.5 Å². The molecule has 6 nitrogen and oxygen atoms in total. The van der Waals surface area contributed by atoms with E-state index in [0.717, 1.165) is 17.3 Å². The molecule has 0 aliphatic carbocycles. The third-order valence-corrected chi connectivity index (χ3v) is 5.81. The van der Waals surface area contributed by atoms with Gasteiger partial charge in [0.1, 0.15) is 12.6 Å². The summed E-state index contributed by atoms with van der Waals surface area (Å²) < 4.78 is -0.570. The predicted molar refractivity (Wildman–Crippen MR) is 91.5 cm³/mol. The molecule has 0 radical (unpaired) electrons. The van der Waals surface area contributed by atoms with E-state index in [0.29, 0.717) is 12.2 Å². The van der Waals surface area contributed by atoms with Crippen molar-refractivity contribution in [2.24, 2.45) is 5.92 Å². The first-order chi connectivity index (χ1) is 11.3. The summed E-state index contributed by atoms with van der Waals surface area (Å²) in [6, 6.07) is 3.43. The SMILES string of the molecule is CC(=O)SCC(C)C(=O)[N@+]1(C(=O)O)C[C@@H](c2cccnc2)CC1C. The van der Waals surface area contributed by atoms with Crippen LogP contribution in [0.25, 0.3) is 0 Å². The summed E-state index contributed by atoms with van der Waals surface area (Å²) in [5.41, 5.74) is 0.962. The highest BCUT2D eigenvalue weighted by Crippen LogP contribution is 2.39. The topological polar surface area (TPSA) is 84.3 Å². The van der Waals surface area contributed by atoms with Gasteiger partial charge in [-0.3, -0.25) is 9.78 Å². The van der Waals surface area contributed by atoms with E-state index >= 15 is 0 Å². The average molecular weight is 351 g/mol. The molecule has 0 saturated carbocycles. The molecule has 1 aliphatic heterocycles. The molecule has 24 heavy (non-hydrogen) atoms. The number of nitrogens with zero attached hydrogens (tertiary/aromatic N) is 2. The van der Waals surface area contributed by atoms with Gasteiger partial charge in [0, 0.05) is 37.4 Å². The van der Waals surface area contributed by atoms with Crippen LogP contribution in [-0.2, 0) is 9.59 Å². The van der Waals surface area contributed by atoms with E-state index in [-0.39, 0.29) is 29.5 Å². The number of likely N-dealkylation sites (tertiary alicyclic amines) is 1. The number of carbonyl (C=O) groups is 3. The minimum atomic E-state index is -1.11. The number of rotatable bonds is 4. The largest absolute Gasteiger partial charge is 0.521 e. The molecule has 1 fully saturated rings. The maximum atomic E-state index is 13.0. The second-order valence-electron chi connectivity index (χ2n) is 6.44. The average Bonchev–Trinajstić information content (AvgIpc) is 2.91. The number of carbonyl (C=O) groups excluding carboxylic acids is 2. The maximum absolute atomic E-state index is 13.0. The molecule has 7 heteroatoms. The molecule has 0 spiro atoms. The highest BCUT2D eigenvalue weighted by Gasteiger charge is 2.57. The summed E-state index contributed by atoms with van der Waals surface area (Å²) in [5.74, 6) is -0.521. The fourth-order valence-corrected chi connectivity index (χ4v) is 4.06. The second-order valence-corrected chi connectivity index (χ2v) is 7.64. The van der Waals surface area contributed by atoms with Gasteiger partial charge in [0.15, 0.2) is 5.12 Å². The molecule has 1 N–H and O–H groups in total. The summed E-state index contributed by atoms with van der Waals surface area (Å²) >= 11 is 1.06. The van der Waals surface area contributed by atoms with Gasteiger partial charge in [0.05, 0.1) is 5.92 Å². The number of aromatic nitrogens is 1. The summed E-state index contributed by atoms with van der Waals surface area (Å²) in [6.45, 7) is 5.19. The van der Waals surface area contributed by atoms with Crippen molar-refractivity contribution in [3.63, 3.8) is 0 Å². The van der Waals surface area contributed by atoms with Crippen LogP contribution in [-0.4, -0.2) is 50.0 Å². The zero-order valence-corrected chi connectivity index (χ0v) is 15.0. The lowest BCUT2D eigenvalue weighted by Gasteiger charge is -2.31. The Labute approximate surface area is 145 Å². The van der Waals surface area contributed by atoms with E-state index < -0.39 is 16.5 Å².